The molecular formula is C9H17IO4. The van der Waals surface area contributed by atoms with Crippen molar-refractivity contribution in [1.29, 1.82) is 0 Å². The molecule has 1 aliphatic rings. The van der Waals surface area contributed by atoms with Crippen LogP contribution in [0, 0.1) is 0 Å². The highest BCUT2D eigenvalue weighted by atomic mass is 127. The van der Waals surface area contributed by atoms with Crippen LogP contribution in [0.5, 0.6) is 0 Å². The first kappa shape index (κ1) is 12.6. The van der Waals surface area contributed by atoms with Gasteiger partial charge in [0.2, 0.25) is 0 Å². The van der Waals surface area contributed by atoms with E-state index in [1.165, 1.54) is 7.11 Å². The molecule has 0 bridgehead atoms. The molecule has 6 unspecified atom stereocenters. The van der Waals surface area contributed by atoms with E-state index in [4.69, 9.17) is 9.47 Å². The summed E-state index contributed by atoms with van der Waals surface area (Å²) in [7, 11) is 1.49. The van der Waals surface area contributed by atoms with Gasteiger partial charge in [0.05, 0.1) is 12.2 Å². The number of methoxy groups -OCH3 is 1. The predicted octanol–water partition coefficient (Wildman–Crippen LogP) is 0.334. The molecule has 0 radical (unpaired) electrons. The molecule has 14 heavy (non-hydrogen) atoms. The second-order valence-electron chi connectivity index (χ2n) is 3.66. The zero-order chi connectivity index (χ0) is 10.9. The van der Waals surface area contributed by atoms with Crippen LogP contribution in [0.3, 0.4) is 0 Å². The summed E-state index contributed by atoms with van der Waals surface area (Å²) in [5, 5.41) is 19.6. The average molecular weight is 316 g/mol. The standard InChI is InChI=1S/C9H17IO4/c1-4(10)8-7(12)9(13-3)6(11)5(2)14-8/h4-9,11-12H,1-3H3. The summed E-state index contributed by atoms with van der Waals surface area (Å²) in [5.74, 6) is 0. The number of aliphatic hydroxyl groups is 2. The van der Waals surface area contributed by atoms with E-state index in [1.807, 2.05) is 6.92 Å². The zero-order valence-corrected chi connectivity index (χ0v) is 10.7. The molecule has 1 rings (SSSR count). The maximum Gasteiger partial charge on any atom is 0.114 e. The van der Waals surface area contributed by atoms with Gasteiger partial charge in [0.15, 0.2) is 0 Å². The van der Waals surface area contributed by atoms with Crippen LogP contribution in [0.15, 0.2) is 0 Å². The minimum Gasteiger partial charge on any atom is -0.388 e. The maximum atomic E-state index is 9.87. The molecule has 1 heterocycles. The molecule has 84 valence electrons. The van der Waals surface area contributed by atoms with Crippen molar-refractivity contribution in [2.45, 2.75) is 48.3 Å². The number of hydrogen-bond donors (Lipinski definition) is 2. The van der Waals surface area contributed by atoms with Gasteiger partial charge in [0.25, 0.3) is 0 Å². The lowest BCUT2D eigenvalue weighted by molar-refractivity contribution is -0.222. The summed E-state index contributed by atoms with van der Waals surface area (Å²) in [4.78, 5) is 0. The first-order chi connectivity index (χ1) is 6.49. The number of ether oxygens (including phenoxy) is 2. The van der Waals surface area contributed by atoms with Gasteiger partial charge in [-0.3, -0.25) is 0 Å². The lowest BCUT2D eigenvalue weighted by atomic mass is 9.94. The van der Waals surface area contributed by atoms with Crippen molar-refractivity contribution in [2.75, 3.05) is 7.11 Å². The molecule has 0 amide bonds. The molecule has 0 saturated carbocycles. The van der Waals surface area contributed by atoms with Crippen LogP contribution in [0.4, 0.5) is 0 Å². The fourth-order valence-electron chi connectivity index (χ4n) is 1.72. The number of halogens is 1. The van der Waals surface area contributed by atoms with E-state index < -0.39 is 18.3 Å². The maximum absolute atomic E-state index is 9.87. The van der Waals surface area contributed by atoms with Crippen LogP contribution < -0.4 is 0 Å². The second kappa shape index (κ2) is 5.07. The Morgan fingerprint density at radius 1 is 1.36 bits per heavy atom. The third-order valence-corrected chi connectivity index (χ3v) is 3.30. The van der Waals surface area contributed by atoms with Crippen molar-refractivity contribution in [3.05, 3.63) is 0 Å². The minimum absolute atomic E-state index is 0.176. The lowest BCUT2D eigenvalue weighted by Crippen LogP contribution is -2.59. The van der Waals surface area contributed by atoms with E-state index >= 15 is 0 Å². The Labute approximate surface area is 97.7 Å². The van der Waals surface area contributed by atoms with Crippen molar-refractivity contribution < 1.29 is 19.7 Å². The third-order valence-electron chi connectivity index (χ3n) is 2.59. The number of alkyl halides is 1. The minimum atomic E-state index is -0.766. The number of hydrogen-bond acceptors (Lipinski definition) is 4. The highest BCUT2D eigenvalue weighted by molar-refractivity contribution is 14.1. The second-order valence-corrected chi connectivity index (χ2v) is 5.63. The molecular weight excluding hydrogens is 299 g/mol. The van der Waals surface area contributed by atoms with Crippen molar-refractivity contribution in [3.63, 3.8) is 0 Å². The third kappa shape index (κ3) is 2.38. The van der Waals surface area contributed by atoms with E-state index in [2.05, 4.69) is 22.6 Å². The van der Waals surface area contributed by atoms with Crippen LogP contribution >= 0.6 is 22.6 Å². The van der Waals surface area contributed by atoms with Gasteiger partial charge in [-0.15, -0.1) is 0 Å². The van der Waals surface area contributed by atoms with Gasteiger partial charge in [-0.05, 0) is 6.92 Å². The van der Waals surface area contributed by atoms with E-state index in [-0.39, 0.29) is 16.1 Å². The Morgan fingerprint density at radius 2 is 1.93 bits per heavy atom. The largest absolute Gasteiger partial charge is 0.388 e. The van der Waals surface area contributed by atoms with Crippen LogP contribution in [0.25, 0.3) is 0 Å². The zero-order valence-electron chi connectivity index (χ0n) is 8.55. The van der Waals surface area contributed by atoms with Gasteiger partial charge in [-0.1, -0.05) is 29.5 Å². The summed E-state index contributed by atoms with van der Waals surface area (Å²) < 4.78 is 10.8. The summed E-state index contributed by atoms with van der Waals surface area (Å²) in [6, 6.07) is 0. The van der Waals surface area contributed by atoms with Crippen molar-refractivity contribution in [2.24, 2.45) is 0 Å². The van der Waals surface area contributed by atoms with Gasteiger partial charge >= 0.3 is 0 Å². The monoisotopic (exact) mass is 316 g/mol. The van der Waals surface area contributed by atoms with Gasteiger partial charge in [0, 0.05) is 11.0 Å². The van der Waals surface area contributed by atoms with Crippen LogP contribution in [-0.4, -0.2) is 51.8 Å². The molecule has 0 aliphatic carbocycles. The SMILES string of the molecule is COC1C(O)C(C)OC(C(C)I)C1O. The first-order valence-electron chi connectivity index (χ1n) is 4.67. The van der Waals surface area contributed by atoms with E-state index in [0.717, 1.165) is 0 Å². The molecule has 5 heteroatoms. The fourth-order valence-corrected chi connectivity index (χ4v) is 2.32. The smallest absolute Gasteiger partial charge is 0.114 e. The average Bonchev–Trinajstić information content (AvgIpc) is 2.12. The van der Waals surface area contributed by atoms with Crippen LogP contribution in [0.1, 0.15) is 13.8 Å². The Hall–Kier alpha value is 0.570. The van der Waals surface area contributed by atoms with Crippen LogP contribution in [-0.2, 0) is 9.47 Å². The van der Waals surface area contributed by atoms with Crippen molar-refractivity contribution in [3.8, 4) is 0 Å². The molecule has 0 aromatic heterocycles. The number of aliphatic hydroxyl groups excluding tert-OH is 2. The molecule has 2 N–H and O–H groups in total. The van der Waals surface area contributed by atoms with Gasteiger partial charge in [-0.25, -0.2) is 0 Å². The van der Waals surface area contributed by atoms with Crippen molar-refractivity contribution >= 4 is 22.6 Å². The quantitative estimate of drug-likeness (QED) is 0.570. The molecule has 1 fully saturated rings. The van der Waals surface area contributed by atoms with E-state index in [1.54, 1.807) is 6.92 Å². The summed E-state index contributed by atoms with van der Waals surface area (Å²) in [5.41, 5.74) is 0. The first-order valence-corrected chi connectivity index (χ1v) is 5.92. The highest BCUT2D eigenvalue weighted by Crippen LogP contribution is 2.27. The summed E-state index contributed by atoms with van der Waals surface area (Å²) in [6.45, 7) is 3.75. The fraction of sp³-hybridized carbons (Fsp3) is 1.00. The van der Waals surface area contributed by atoms with E-state index in [0.29, 0.717) is 0 Å². The van der Waals surface area contributed by atoms with Gasteiger partial charge in [0.1, 0.15) is 18.3 Å². The number of rotatable bonds is 2. The predicted molar refractivity (Wildman–Crippen MR) is 60.6 cm³/mol. The summed E-state index contributed by atoms with van der Waals surface area (Å²) in [6.07, 6.45) is -2.66. The molecule has 1 aliphatic heterocycles. The molecule has 0 spiro atoms. The molecule has 6 atom stereocenters. The van der Waals surface area contributed by atoms with E-state index in [9.17, 15) is 10.2 Å². The van der Waals surface area contributed by atoms with Crippen LogP contribution in [0.2, 0.25) is 0 Å². The van der Waals surface area contributed by atoms with Gasteiger partial charge < -0.3 is 19.7 Å². The van der Waals surface area contributed by atoms with Gasteiger partial charge in [-0.2, -0.15) is 0 Å². The summed E-state index contributed by atoms with van der Waals surface area (Å²) >= 11 is 2.20. The Morgan fingerprint density at radius 3 is 2.36 bits per heavy atom. The molecule has 0 aromatic rings. The molecule has 1 saturated heterocycles. The highest BCUT2D eigenvalue weighted by Gasteiger charge is 2.44. The Balaban J connectivity index is 2.75. The molecule has 4 nitrogen and oxygen atoms in total. The Kier molecular flexibility index (Phi) is 4.57. The molecule has 0 aromatic carbocycles. The normalized spacial score (nSPS) is 46.3. The topological polar surface area (TPSA) is 58.9 Å². The Bertz CT molecular complexity index is 186. The lowest BCUT2D eigenvalue weighted by Gasteiger charge is -2.42. The van der Waals surface area contributed by atoms with Crippen molar-refractivity contribution in [1.82, 2.24) is 0 Å².